The summed E-state index contributed by atoms with van der Waals surface area (Å²) >= 11 is 0. The van der Waals surface area contributed by atoms with Crippen molar-refractivity contribution in [3.05, 3.63) is 24.2 Å². The molecule has 1 aromatic rings. The van der Waals surface area contributed by atoms with E-state index in [2.05, 4.69) is 15.6 Å². The highest BCUT2D eigenvalue weighted by Gasteiger charge is 2.09. The van der Waals surface area contributed by atoms with E-state index in [1.807, 2.05) is 6.92 Å². The van der Waals surface area contributed by atoms with Crippen molar-refractivity contribution < 1.29 is 14.3 Å². The van der Waals surface area contributed by atoms with Crippen LogP contribution < -0.4 is 10.6 Å². The minimum absolute atomic E-state index is 0.257. The van der Waals surface area contributed by atoms with Gasteiger partial charge < -0.3 is 24.9 Å². The van der Waals surface area contributed by atoms with Gasteiger partial charge in [-0.2, -0.15) is 0 Å². The van der Waals surface area contributed by atoms with Gasteiger partial charge in [0.25, 0.3) is 0 Å². The van der Waals surface area contributed by atoms with Crippen LogP contribution in [0.4, 0.5) is 0 Å². The van der Waals surface area contributed by atoms with Gasteiger partial charge in [0.05, 0.1) is 12.8 Å². The van der Waals surface area contributed by atoms with Crippen LogP contribution in [0.3, 0.4) is 0 Å². The number of aliphatic imine (C=N–C) groups is 1. The molecule has 108 valence electrons. The molecule has 0 bridgehead atoms. The first kappa shape index (κ1) is 15.5. The maximum absolute atomic E-state index is 9.86. The van der Waals surface area contributed by atoms with Gasteiger partial charge in [-0.3, -0.25) is 4.99 Å². The second-order valence-electron chi connectivity index (χ2n) is 4.02. The lowest BCUT2D eigenvalue weighted by molar-refractivity contribution is 0.158. The molecule has 0 aromatic carbocycles. The molecule has 1 unspecified atom stereocenters. The number of rotatable bonds is 8. The van der Waals surface area contributed by atoms with Crippen molar-refractivity contribution in [2.75, 3.05) is 33.4 Å². The molecule has 0 aliphatic carbocycles. The van der Waals surface area contributed by atoms with Crippen molar-refractivity contribution in [1.29, 1.82) is 0 Å². The summed E-state index contributed by atoms with van der Waals surface area (Å²) in [4.78, 5) is 4.31. The van der Waals surface area contributed by atoms with Crippen molar-refractivity contribution in [3.63, 3.8) is 0 Å². The van der Waals surface area contributed by atoms with Gasteiger partial charge in [0, 0.05) is 26.8 Å². The van der Waals surface area contributed by atoms with Crippen LogP contribution in [0, 0.1) is 0 Å². The van der Waals surface area contributed by atoms with E-state index in [0.717, 1.165) is 19.5 Å². The van der Waals surface area contributed by atoms with Crippen molar-refractivity contribution in [2.24, 2.45) is 4.99 Å². The summed E-state index contributed by atoms with van der Waals surface area (Å²) in [7, 11) is 1.68. The molecule has 1 atom stereocenters. The molecule has 0 aliphatic rings. The number of hydrogen-bond acceptors (Lipinski definition) is 4. The standard InChI is InChI=1S/C13H23N3O3/c1-3-14-13(15-7-5-8-18-2)16-10-11(17)12-6-4-9-19-12/h4,6,9,11,17H,3,5,7-8,10H2,1-2H3,(H2,14,15,16). The second-order valence-corrected chi connectivity index (χ2v) is 4.02. The Balaban J connectivity index is 2.39. The van der Waals surface area contributed by atoms with E-state index in [9.17, 15) is 5.11 Å². The first-order chi connectivity index (χ1) is 9.27. The minimum atomic E-state index is -0.718. The molecule has 1 rings (SSSR count). The van der Waals surface area contributed by atoms with E-state index < -0.39 is 6.10 Å². The van der Waals surface area contributed by atoms with E-state index in [-0.39, 0.29) is 6.54 Å². The van der Waals surface area contributed by atoms with Crippen LogP contribution in [-0.4, -0.2) is 44.4 Å². The van der Waals surface area contributed by atoms with E-state index in [1.165, 1.54) is 6.26 Å². The smallest absolute Gasteiger partial charge is 0.191 e. The number of methoxy groups -OCH3 is 1. The first-order valence-electron chi connectivity index (χ1n) is 6.50. The van der Waals surface area contributed by atoms with Gasteiger partial charge in [-0.15, -0.1) is 0 Å². The zero-order valence-corrected chi connectivity index (χ0v) is 11.6. The number of ether oxygens (including phenoxy) is 1. The van der Waals surface area contributed by atoms with Crippen LogP contribution in [-0.2, 0) is 4.74 Å². The maximum atomic E-state index is 9.86. The summed E-state index contributed by atoms with van der Waals surface area (Å²) in [5.41, 5.74) is 0. The van der Waals surface area contributed by atoms with E-state index >= 15 is 0 Å². The first-order valence-corrected chi connectivity index (χ1v) is 6.50. The predicted molar refractivity (Wildman–Crippen MR) is 74.1 cm³/mol. The van der Waals surface area contributed by atoms with Crippen molar-refractivity contribution in [3.8, 4) is 0 Å². The van der Waals surface area contributed by atoms with E-state index in [4.69, 9.17) is 9.15 Å². The predicted octanol–water partition coefficient (Wildman–Crippen LogP) is 0.905. The fourth-order valence-corrected chi connectivity index (χ4v) is 1.51. The summed E-state index contributed by atoms with van der Waals surface area (Å²) < 4.78 is 10.1. The van der Waals surface area contributed by atoms with E-state index in [1.54, 1.807) is 19.2 Å². The molecule has 19 heavy (non-hydrogen) atoms. The summed E-state index contributed by atoms with van der Waals surface area (Å²) in [6.45, 7) is 4.51. The van der Waals surface area contributed by atoms with Crippen LogP contribution in [0.5, 0.6) is 0 Å². The minimum Gasteiger partial charge on any atom is -0.467 e. The highest BCUT2D eigenvalue weighted by atomic mass is 16.5. The summed E-state index contributed by atoms with van der Waals surface area (Å²) in [5, 5.41) is 16.1. The Hall–Kier alpha value is -1.53. The van der Waals surface area contributed by atoms with Crippen LogP contribution >= 0.6 is 0 Å². The molecule has 6 nitrogen and oxygen atoms in total. The van der Waals surface area contributed by atoms with Gasteiger partial charge in [-0.05, 0) is 25.5 Å². The third kappa shape index (κ3) is 6.26. The molecule has 6 heteroatoms. The lowest BCUT2D eigenvalue weighted by Crippen LogP contribution is -2.38. The van der Waals surface area contributed by atoms with E-state index in [0.29, 0.717) is 18.3 Å². The van der Waals surface area contributed by atoms with Crippen molar-refractivity contribution >= 4 is 5.96 Å². The van der Waals surface area contributed by atoms with Crippen LogP contribution in [0.15, 0.2) is 27.8 Å². The number of nitrogens with zero attached hydrogens (tertiary/aromatic N) is 1. The number of nitrogens with one attached hydrogen (secondary N) is 2. The third-order valence-corrected chi connectivity index (χ3v) is 2.46. The monoisotopic (exact) mass is 269 g/mol. The van der Waals surface area contributed by atoms with Gasteiger partial charge in [-0.25, -0.2) is 0 Å². The van der Waals surface area contributed by atoms with Gasteiger partial charge in [0.1, 0.15) is 11.9 Å². The normalized spacial score (nSPS) is 13.3. The average Bonchev–Trinajstić information content (AvgIpc) is 2.94. The molecule has 0 radical (unpaired) electrons. The maximum Gasteiger partial charge on any atom is 0.191 e. The lowest BCUT2D eigenvalue weighted by atomic mass is 10.3. The largest absolute Gasteiger partial charge is 0.467 e. The molecule has 0 fully saturated rings. The Bertz CT molecular complexity index is 352. The lowest BCUT2D eigenvalue weighted by Gasteiger charge is -2.12. The van der Waals surface area contributed by atoms with Crippen molar-refractivity contribution in [2.45, 2.75) is 19.4 Å². The van der Waals surface area contributed by atoms with Gasteiger partial charge in [0.2, 0.25) is 0 Å². The van der Waals surface area contributed by atoms with Gasteiger partial charge in [-0.1, -0.05) is 0 Å². The SMILES string of the molecule is CCNC(=NCC(O)c1ccco1)NCCCOC. The van der Waals surface area contributed by atoms with Crippen LogP contribution in [0.25, 0.3) is 0 Å². The van der Waals surface area contributed by atoms with Crippen molar-refractivity contribution in [1.82, 2.24) is 10.6 Å². The number of furan rings is 1. The zero-order valence-electron chi connectivity index (χ0n) is 11.6. The molecular formula is C13H23N3O3. The molecule has 0 spiro atoms. The Morgan fingerprint density at radius 2 is 2.37 bits per heavy atom. The Morgan fingerprint density at radius 1 is 1.53 bits per heavy atom. The topological polar surface area (TPSA) is 79.0 Å². The molecule has 0 saturated carbocycles. The van der Waals surface area contributed by atoms with Gasteiger partial charge in [0.15, 0.2) is 5.96 Å². The summed E-state index contributed by atoms with van der Waals surface area (Å²) in [6, 6.07) is 3.48. The molecular weight excluding hydrogens is 246 g/mol. The summed E-state index contributed by atoms with van der Waals surface area (Å²) in [5.74, 6) is 1.21. The zero-order chi connectivity index (χ0) is 13.9. The number of aliphatic hydroxyl groups excluding tert-OH is 1. The number of aliphatic hydroxyl groups is 1. The second kappa shape index (κ2) is 9.41. The summed E-state index contributed by atoms with van der Waals surface area (Å²) in [6.07, 6.45) is 1.72. The quantitative estimate of drug-likeness (QED) is 0.371. The number of guanidine groups is 1. The highest BCUT2D eigenvalue weighted by Crippen LogP contribution is 2.12. The Labute approximate surface area is 113 Å². The Kier molecular flexibility index (Phi) is 7.69. The average molecular weight is 269 g/mol. The van der Waals surface area contributed by atoms with Crippen LogP contribution in [0.2, 0.25) is 0 Å². The number of hydrogen-bond donors (Lipinski definition) is 3. The Morgan fingerprint density at radius 3 is 3.00 bits per heavy atom. The third-order valence-electron chi connectivity index (χ3n) is 2.46. The highest BCUT2D eigenvalue weighted by molar-refractivity contribution is 5.79. The van der Waals surface area contributed by atoms with Crippen LogP contribution in [0.1, 0.15) is 25.2 Å². The molecule has 0 amide bonds. The van der Waals surface area contributed by atoms with Gasteiger partial charge >= 0.3 is 0 Å². The molecule has 0 aliphatic heterocycles. The fourth-order valence-electron chi connectivity index (χ4n) is 1.51. The molecule has 3 N–H and O–H groups in total. The molecule has 1 aromatic heterocycles. The molecule has 1 heterocycles. The molecule has 0 saturated heterocycles. The fraction of sp³-hybridized carbons (Fsp3) is 0.615.